The lowest BCUT2D eigenvalue weighted by Gasteiger charge is -2.16. The van der Waals surface area contributed by atoms with Crippen LogP contribution in [0.5, 0.6) is 17.2 Å². The van der Waals surface area contributed by atoms with Crippen molar-refractivity contribution in [3.8, 4) is 17.2 Å². The molecule has 0 bridgehead atoms. The minimum atomic E-state index is -3.92. The zero-order valence-corrected chi connectivity index (χ0v) is 16.6. The van der Waals surface area contributed by atoms with Crippen LogP contribution in [0.4, 0.5) is 11.4 Å². The van der Waals surface area contributed by atoms with Gasteiger partial charge in [-0.25, -0.2) is 8.42 Å². The van der Waals surface area contributed by atoms with Crippen molar-refractivity contribution >= 4 is 27.3 Å². The summed E-state index contributed by atoms with van der Waals surface area (Å²) in [4.78, 5) is 11.3. The van der Waals surface area contributed by atoms with Crippen molar-refractivity contribution in [1.82, 2.24) is 0 Å². The molecule has 2 rings (SSSR count). The lowest BCUT2D eigenvalue weighted by molar-refractivity contribution is -0.114. The van der Waals surface area contributed by atoms with Crippen molar-refractivity contribution in [1.29, 1.82) is 0 Å². The highest BCUT2D eigenvalue weighted by Gasteiger charge is 2.19. The summed E-state index contributed by atoms with van der Waals surface area (Å²) in [5.74, 6) is 0.905. The number of sulfonamides is 1. The summed E-state index contributed by atoms with van der Waals surface area (Å²) in [6.45, 7) is 3.07. The number of rotatable bonds is 7. The normalized spacial score (nSPS) is 10.9. The summed E-state index contributed by atoms with van der Waals surface area (Å²) in [5.41, 5.74) is 1.27. The lowest BCUT2D eigenvalue weighted by atomic mass is 10.2. The number of amides is 1. The minimum Gasteiger partial charge on any atom is -0.495 e. The molecule has 2 aromatic carbocycles. The number of hydrogen-bond donors (Lipinski definition) is 2. The van der Waals surface area contributed by atoms with E-state index in [1.807, 2.05) is 0 Å². The van der Waals surface area contributed by atoms with Crippen LogP contribution in [0.15, 0.2) is 35.2 Å². The van der Waals surface area contributed by atoms with Crippen LogP contribution in [0.2, 0.25) is 0 Å². The first-order chi connectivity index (χ1) is 12.7. The maximum Gasteiger partial charge on any atom is 0.261 e. The van der Waals surface area contributed by atoms with Gasteiger partial charge in [-0.05, 0) is 36.8 Å². The van der Waals surface area contributed by atoms with E-state index in [1.165, 1.54) is 46.5 Å². The highest BCUT2D eigenvalue weighted by atomic mass is 32.2. The van der Waals surface area contributed by atoms with Crippen LogP contribution in [0.1, 0.15) is 12.5 Å². The van der Waals surface area contributed by atoms with Gasteiger partial charge in [-0.3, -0.25) is 9.52 Å². The molecule has 27 heavy (non-hydrogen) atoms. The summed E-state index contributed by atoms with van der Waals surface area (Å²) >= 11 is 0. The zero-order valence-electron chi connectivity index (χ0n) is 15.7. The van der Waals surface area contributed by atoms with Crippen molar-refractivity contribution in [2.24, 2.45) is 0 Å². The molecule has 1 amide bonds. The molecule has 0 radical (unpaired) electrons. The topological polar surface area (TPSA) is 103 Å². The van der Waals surface area contributed by atoms with Gasteiger partial charge in [0.1, 0.15) is 5.75 Å². The summed E-state index contributed by atoms with van der Waals surface area (Å²) in [5, 5.41) is 2.55. The van der Waals surface area contributed by atoms with Gasteiger partial charge in [0.25, 0.3) is 10.0 Å². The number of carbonyl (C=O) groups is 1. The van der Waals surface area contributed by atoms with Gasteiger partial charge in [0.15, 0.2) is 11.5 Å². The number of methoxy groups -OCH3 is 3. The maximum atomic E-state index is 12.8. The quantitative estimate of drug-likeness (QED) is 0.749. The highest BCUT2D eigenvalue weighted by molar-refractivity contribution is 7.92. The fourth-order valence-corrected chi connectivity index (χ4v) is 3.58. The standard InChI is InChI=1S/C18H22N2O6S/c1-11-8-17(25-4)18(26-5)10-14(11)20-27(22,23)13-6-7-16(24-3)15(9-13)19-12(2)21/h6-10,20H,1-5H3,(H,19,21). The van der Waals surface area contributed by atoms with E-state index in [9.17, 15) is 13.2 Å². The Morgan fingerprint density at radius 2 is 1.48 bits per heavy atom. The molecule has 0 unspecified atom stereocenters. The molecule has 2 aromatic rings. The van der Waals surface area contributed by atoms with Crippen molar-refractivity contribution in [3.05, 3.63) is 35.9 Å². The van der Waals surface area contributed by atoms with E-state index in [0.29, 0.717) is 28.5 Å². The second kappa shape index (κ2) is 8.17. The zero-order chi connectivity index (χ0) is 20.2. The van der Waals surface area contributed by atoms with Crippen LogP contribution in [-0.4, -0.2) is 35.7 Å². The third-order valence-electron chi connectivity index (χ3n) is 3.77. The second-order valence-electron chi connectivity index (χ2n) is 5.67. The van der Waals surface area contributed by atoms with Crippen molar-refractivity contribution < 1.29 is 27.4 Å². The fourth-order valence-electron chi connectivity index (χ4n) is 2.44. The predicted molar refractivity (Wildman–Crippen MR) is 102 cm³/mol. The summed E-state index contributed by atoms with van der Waals surface area (Å²) < 4.78 is 43.7. The van der Waals surface area contributed by atoms with Crippen LogP contribution < -0.4 is 24.2 Å². The number of benzene rings is 2. The minimum absolute atomic E-state index is 0.0266. The Morgan fingerprint density at radius 3 is 2.04 bits per heavy atom. The molecule has 0 aromatic heterocycles. The van der Waals surface area contributed by atoms with Crippen molar-refractivity contribution in [3.63, 3.8) is 0 Å². The Bertz CT molecular complexity index is 957. The van der Waals surface area contributed by atoms with Crippen LogP contribution in [-0.2, 0) is 14.8 Å². The fraction of sp³-hybridized carbons (Fsp3) is 0.278. The average Bonchev–Trinajstić information content (AvgIpc) is 2.62. The Labute approximate surface area is 158 Å². The Morgan fingerprint density at radius 1 is 0.889 bits per heavy atom. The molecule has 0 heterocycles. The first kappa shape index (κ1) is 20.4. The van der Waals surface area contributed by atoms with Crippen LogP contribution >= 0.6 is 0 Å². The van der Waals surface area contributed by atoms with Crippen LogP contribution in [0.3, 0.4) is 0 Å². The van der Waals surface area contributed by atoms with E-state index in [2.05, 4.69) is 10.0 Å². The van der Waals surface area contributed by atoms with E-state index in [0.717, 1.165) is 0 Å². The molecule has 0 aliphatic rings. The largest absolute Gasteiger partial charge is 0.495 e. The summed E-state index contributed by atoms with van der Waals surface area (Å²) in [7, 11) is 0.483. The van der Waals surface area contributed by atoms with Gasteiger partial charge in [0.05, 0.1) is 37.6 Å². The first-order valence-electron chi connectivity index (χ1n) is 7.93. The van der Waals surface area contributed by atoms with E-state index in [-0.39, 0.29) is 16.5 Å². The number of anilines is 2. The molecular formula is C18H22N2O6S. The Kier molecular flexibility index (Phi) is 6.17. The molecule has 0 fully saturated rings. The number of hydrogen-bond acceptors (Lipinski definition) is 6. The second-order valence-corrected chi connectivity index (χ2v) is 7.35. The van der Waals surface area contributed by atoms with Crippen molar-refractivity contribution in [2.45, 2.75) is 18.7 Å². The predicted octanol–water partition coefficient (Wildman–Crippen LogP) is 2.78. The third kappa shape index (κ3) is 4.62. The van der Waals surface area contributed by atoms with Gasteiger partial charge in [-0.15, -0.1) is 0 Å². The monoisotopic (exact) mass is 394 g/mol. The van der Waals surface area contributed by atoms with Gasteiger partial charge in [0, 0.05) is 13.0 Å². The summed E-state index contributed by atoms with van der Waals surface area (Å²) in [6, 6.07) is 7.42. The number of aryl methyl sites for hydroxylation is 1. The Hall–Kier alpha value is -2.94. The lowest BCUT2D eigenvalue weighted by Crippen LogP contribution is -2.15. The van der Waals surface area contributed by atoms with E-state index < -0.39 is 10.0 Å². The summed E-state index contributed by atoms with van der Waals surface area (Å²) in [6.07, 6.45) is 0. The van der Waals surface area contributed by atoms with Gasteiger partial charge < -0.3 is 19.5 Å². The smallest absolute Gasteiger partial charge is 0.261 e. The van der Waals surface area contributed by atoms with Gasteiger partial charge >= 0.3 is 0 Å². The number of ether oxygens (including phenoxy) is 3. The Balaban J connectivity index is 2.44. The number of nitrogens with one attached hydrogen (secondary N) is 2. The molecule has 2 N–H and O–H groups in total. The van der Waals surface area contributed by atoms with Gasteiger partial charge in [-0.1, -0.05) is 0 Å². The van der Waals surface area contributed by atoms with Crippen LogP contribution in [0, 0.1) is 6.92 Å². The number of carbonyl (C=O) groups excluding carboxylic acids is 1. The average molecular weight is 394 g/mol. The SMILES string of the molecule is COc1ccc(S(=O)(=O)Nc2cc(OC)c(OC)cc2C)cc1NC(C)=O. The van der Waals surface area contributed by atoms with Crippen LogP contribution in [0.25, 0.3) is 0 Å². The molecular weight excluding hydrogens is 372 g/mol. The molecule has 0 atom stereocenters. The van der Waals surface area contributed by atoms with Crippen molar-refractivity contribution in [2.75, 3.05) is 31.4 Å². The maximum absolute atomic E-state index is 12.8. The van der Waals surface area contributed by atoms with E-state index in [1.54, 1.807) is 19.1 Å². The van der Waals surface area contributed by atoms with E-state index >= 15 is 0 Å². The molecule has 0 aliphatic heterocycles. The molecule has 146 valence electrons. The van der Waals surface area contributed by atoms with E-state index in [4.69, 9.17) is 14.2 Å². The third-order valence-corrected chi connectivity index (χ3v) is 5.13. The molecule has 9 heteroatoms. The molecule has 0 aliphatic carbocycles. The van der Waals surface area contributed by atoms with Gasteiger partial charge in [-0.2, -0.15) is 0 Å². The molecule has 0 saturated heterocycles. The van der Waals surface area contributed by atoms with Gasteiger partial charge in [0.2, 0.25) is 5.91 Å². The first-order valence-corrected chi connectivity index (χ1v) is 9.41. The molecule has 8 nitrogen and oxygen atoms in total. The molecule has 0 spiro atoms. The molecule has 0 saturated carbocycles. The highest BCUT2D eigenvalue weighted by Crippen LogP contribution is 2.34.